The van der Waals surface area contributed by atoms with Crippen molar-refractivity contribution in [2.75, 3.05) is 0 Å². The van der Waals surface area contributed by atoms with E-state index in [-0.39, 0.29) is 47.1 Å². The SMILES string of the molecule is [Ga+3].[O]=[GeH][O-].[O]=[GeH][O-].[O]=[GeH][O-].[O]=[GeH][O-].[O]=[GeH][O-].[Pb+2]. The van der Waals surface area contributed by atoms with Crippen molar-refractivity contribution in [1.82, 2.24) is 0 Å². The molecule has 0 unspecified atom stereocenters. The Kier molecular flexibility index (Phi) is 259. The minimum atomic E-state index is -2.19. The third-order valence-corrected chi connectivity index (χ3v) is 0. The van der Waals surface area contributed by atoms with Gasteiger partial charge in [0.25, 0.3) is 0 Å². The first-order valence-corrected chi connectivity index (χ1v) is 12.2. The third-order valence-electron chi connectivity index (χ3n) is 0. The van der Waals surface area contributed by atoms with Crippen LogP contribution in [-0.4, -0.2) is 126 Å². The predicted octanol–water partition coefficient (Wildman–Crippen LogP) is -10.5. The van der Waals surface area contributed by atoms with Crippen LogP contribution in [0.3, 0.4) is 0 Å². The van der Waals surface area contributed by atoms with Crippen molar-refractivity contribution >= 4 is 126 Å². The molecule has 92 valence electrons. The summed E-state index contributed by atoms with van der Waals surface area (Å²) in [5.74, 6) is 0. The van der Waals surface area contributed by atoms with Crippen LogP contribution < -0.4 is 20.7 Å². The molecule has 0 spiro atoms. The largest absolute Gasteiger partial charge is 2.00 e. The zero-order chi connectivity index (χ0) is 13.5. The van der Waals surface area contributed by atoms with E-state index < -0.39 is 78.5 Å². The van der Waals surface area contributed by atoms with Crippen LogP contribution in [0.2, 0.25) is 0 Å². The van der Waals surface area contributed by atoms with Crippen molar-refractivity contribution in [2.24, 2.45) is 0 Å². The van der Waals surface area contributed by atoms with Gasteiger partial charge in [-0.3, -0.25) is 0 Å². The molecule has 0 saturated heterocycles. The van der Waals surface area contributed by atoms with Gasteiger partial charge in [0.05, 0.1) is 0 Å². The van der Waals surface area contributed by atoms with Gasteiger partial charge in [0, 0.05) is 0 Å². The normalized spacial score (nSPS) is 3.53. The standard InChI is InChI=1S/Ga.5GeHO2.Pb/c;5*2-1-3;/h;5*1H;/q+3;5*-1;+2. The molecule has 0 aliphatic carbocycles. The Bertz CT molecular complexity index is 97.0. The summed E-state index contributed by atoms with van der Waals surface area (Å²) in [5.41, 5.74) is 0. The summed E-state index contributed by atoms with van der Waals surface area (Å²) in [7, 11) is 0. The molecule has 10 nitrogen and oxygen atoms in total. The average Bonchev–Trinajstić information content (AvgIpc) is 2.09. The molecule has 0 aromatic rings. The van der Waals surface area contributed by atoms with E-state index in [0.29, 0.717) is 0 Å². The fourth-order valence-corrected chi connectivity index (χ4v) is 0. The van der Waals surface area contributed by atoms with E-state index in [1.54, 1.807) is 0 Å². The Balaban J connectivity index is -0.0000000143. The molecular formula is H5GaGe5O10Pb. The van der Waals surface area contributed by atoms with Crippen molar-refractivity contribution in [2.45, 2.75) is 0 Å². The predicted molar refractivity (Wildman–Crippen MR) is 50.7 cm³/mol. The Morgan fingerprint density at radius 3 is 0.471 bits per heavy atom. The van der Waals surface area contributed by atoms with Gasteiger partial charge in [-0.05, 0) is 0 Å². The molecule has 0 aromatic heterocycles. The Morgan fingerprint density at radius 2 is 0.471 bits per heavy atom. The zero-order valence-corrected chi connectivity index (χ0v) is 26.5. The minimum Gasteiger partial charge on any atom is 2.00 e. The van der Waals surface area contributed by atoms with E-state index in [9.17, 15) is 0 Å². The second kappa shape index (κ2) is 103. The van der Waals surface area contributed by atoms with Gasteiger partial charge in [-0.15, -0.1) is 0 Å². The fourth-order valence-electron chi connectivity index (χ4n) is 0. The summed E-state index contributed by atoms with van der Waals surface area (Å²) >= 11 is -10.9. The summed E-state index contributed by atoms with van der Waals surface area (Å²) in [4.78, 5) is 0. The molecule has 0 aliphatic heterocycles. The zero-order valence-electron chi connectivity index (χ0n) is 8.05. The summed E-state index contributed by atoms with van der Waals surface area (Å²) in [6.07, 6.45) is 0. The van der Waals surface area contributed by atoms with Crippen LogP contribution in [0.4, 0.5) is 0 Å². The van der Waals surface area contributed by atoms with Crippen LogP contribution in [0.5, 0.6) is 0 Å². The van der Waals surface area contributed by atoms with Crippen molar-refractivity contribution in [1.29, 1.82) is 0 Å². The van der Waals surface area contributed by atoms with Gasteiger partial charge < -0.3 is 0 Å². The topological polar surface area (TPSA) is 201 Å². The number of hydrogen-bond acceptors (Lipinski definition) is 10. The maximum Gasteiger partial charge on any atom is 2.00 e. The van der Waals surface area contributed by atoms with Crippen molar-refractivity contribution in [3.8, 4) is 0 Å². The smallest absolute Gasteiger partial charge is 2.00 e. The van der Waals surface area contributed by atoms with Gasteiger partial charge in [0.15, 0.2) is 0 Å². The monoisotopic (exact) mass is 811 g/mol. The molecule has 2 radical (unpaired) electrons. The van der Waals surface area contributed by atoms with Gasteiger partial charge in [-0.25, -0.2) is 0 Å². The first kappa shape index (κ1) is 42.7. The maximum absolute atomic E-state index is 8.53. The second-order valence-corrected chi connectivity index (χ2v) is 2.50. The molecule has 0 saturated carbocycles. The van der Waals surface area contributed by atoms with Crippen LogP contribution >= 0.6 is 0 Å². The summed E-state index contributed by atoms with van der Waals surface area (Å²) in [5, 5.41) is 0. The van der Waals surface area contributed by atoms with E-state index in [0.717, 1.165) is 0 Å². The van der Waals surface area contributed by atoms with E-state index in [2.05, 4.69) is 0 Å². The second-order valence-electron chi connectivity index (χ2n) is 0.481. The van der Waals surface area contributed by atoms with E-state index >= 15 is 0 Å². The summed E-state index contributed by atoms with van der Waals surface area (Å²) in [6, 6.07) is 0. The Labute approximate surface area is 162 Å². The molecular weight excluding hydrogens is 800 g/mol. The van der Waals surface area contributed by atoms with Crippen LogP contribution in [0.1, 0.15) is 0 Å². The van der Waals surface area contributed by atoms with Crippen LogP contribution in [-0.2, 0) is 18.9 Å². The summed E-state index contributed by atoms with van der Waals surface area (Å²) in [6.45, 7) is 0. The molecule has 17 heavy (non-hydrogen) atoms. The molecule has 17 heteroatoms. The molecule has 0 N–H and O–H groups in total. The van der Waals surface area contributed by atoms with Crippen molar-refractivity contribution < 1.29 is 39.6 Å². The van der Waals surface area contributed by atoms with Crippen LogP contribution in [0, 0.1) is 0 Å². The Morgan fingerprint density at radius 1 is 0.471 bits per heavy atom. The van der Waals surface area contributed by atoms with Crippen molar-refractivity contribution in [3.05, 3.63) is 0 Å². The first-order valence-electron chi connectivity index (χ1n) is 2.36. The fraction of sp³-hybridized carbons (Fsp3) is 0. The molecule has 0 heterocycles. The molecule has 0 bridgehead atoms. The molecule has 0 aromatic carbocycles. The molecule has 0 fully saturated rings. The van der Waals surface area contributed by atoms with Gasteiger partial charge in [0.2, 0.25) is 0 Å². The van der Waals surface area contributed by atoms with E-state index in [1.165, 1.54) is 0 Å². The third kappa shape index (κ3) is 937. The van der Waals surface area contributed by atoms with Gasteiger partial charge >= 0.3 is 165 Å². The molecule has 0 amide bonds. The van der Waals surface area contributed by atoms with Gasteiger partial charge in [-0.2, -0.15) is 0 Å². The molecule has 0 rings (SSSR count). The molecule has 0 atom stereocenters. The summed E-state index contributed by atoms with van der Waals surface area (Å²) < 4.78 is 85.3. The van der Waals surface area contributed by atoms with Gasteiger partial charge in [-0.1, -0.05) is 0 Å². The Hall–Kier alpha value is 2.27. The number of hydrogen-bond donors (Lipinski definition) is 0. The van der Waals surface area contributed by atoms with E-state index in [1.807, 2.05) is 0 Å². The van der Waals surface area contributed by atoms with Crippen LogP contribution in [0.25, 0.3) is 0 Å². The van der Waals surface area contributed by atoms with Gasteiger partial charge in [0.1, 0.15) is 0 Å². The van der Waals surface area contributed by atoms with Crippen molar-refractivity contribution in [3.63, 3.8) is 0 Å². The maximum atomic E-state index is 8.53. The average molecular weight is 805 g/mol. The minimum absolute atomic E-state index is 0. The quantitative estimate of drug-likeness (QED) is 0.212. The number of rotatable bonds is 0. The van der Waals surface area contributed by atoms with Crippen LogP contribution in [0.15, 0.2) is 0 Å². The van der Waals surface area contributed by atoms with E-state index in [4.69, 9.17) is 39.6 Å². The molecule has 0 aliphatic rings. The first-order chi connectivity index (χ1) is 7.07.